The Morgan fingerprint density at radius 2 is 1.78 bits per heavy atom. The number of nitrogens with one attached hydrogen (secondary N) is 2. The van der Waals surface area contributed by atoms with Crippen molar-refractivity contribution in [3.05, 3.63) is 35.2 Å². The highest BCUT2D eigenvalue weighted by Crippen LogP contribution is 2.33. The van der Waals surface area contributed by atoms with Crippen LogP contribution in [0.3, 0.4) is 0 Å². The maximum absolute atomic E-state index is 14.8. The monoisotopic (exact) mass is 506 g/mol. The van der Waals surface area contributed by atoms with Gasteiger partial charge in [-0.05, 0) is 39.3 Å². The van der Waals surface area contributed by atoms with Gasteiger partial charge in [-0.15, -0.1) is 0 Å². The molecule has 1 atom stereocenters. The molecular weight excluding hydrogens is 478 g/mol. The van der Waals surface area contributed by atoms with Crippen molar-refractivity contribution in [3.8, 4) is 0 Å². The van der Waals surface area contributed by atoms with E-state index < -0.39 is 41.1 Å². The topological polar surface area (TPSA) is 117 Å². The Bertz CT molecular complexity index is 1100. The number of hydrogen-bond donors (Lipinski definition) is 2. The lowest BCUT2D eigenvalue weighted by Crippen LogP contribution is -2.60. The summed E-state index contributed by atoms with van der Waals surface area (Å²) in [4.78, 5) is 49.8. The lowest BCUT2D eigenvalue weighted by molar-refractivity contribution is -0.134. The van der Waals surface area contributed by atoms with Crippen LogP contribution in [0, 0.1) is 11.6 Å². The van der Waals surface area contributed by atoms with Gasteiger partial charge in [-0.25, -0.2) is 18.4 Å². The summed E-state index contributed by atoms with van der Waals surface area (Å²) in [6.07, 6.45) is -0.763. The van der Waals surface area contributed by atoms with Gasteiger partial charge in [0, 0.05) is 30.8 Å². The highest BCUT2D eigenvalue weighted by molar-refractivity contribution is 6.01. The van der Waals surface area contributed by atoms with Gasteiger partial charge in [-0.1, -0.05) is 0 Å². The summed E-state index contributed by atoms with van der Waals surface area (Å²) in [6.45, 7) is 6.56. The van der Waals surface area contributed by atoms with E-state index >= 15 is 0 Å². The fourth-order valence-corrected chi connectivity index (χ4v) is 4.26. The maximum atomic E-state index is 14.8. The van der Waals surface area contributed by atoms with Crippen LogP contribution in [-0.4, -0.2) is 72.7 Å². The van der Waals surface area contributed by atoms with Crippen LogP contribution in [0.4, 0.5) is 19.3 Å². The van der Waals surface area contributed by atoms with Crippen molar-refractivity contribution in [2.45, 2.75) is 57.3 Å². The minimum atomic E-state index is -1.06. The third-order valence-electron chi connectivity index (χ3n) is 6.11. The number of ether oxygens (including phenoxy) is 2. The number of halogens is 2. The number of nitrogens with zero attached hydrogens (tertiary/aromatic N) is 2. The molecule has 1 aromatic carbocycles. The summed E-state index contributed by atoms with van der Waals surface area (Å²) in [6, 6.07) is 2.10. The van der Waals surface area contributed by atoms with Gasteiger partial charge in [-0.3, -0.25) is 14.9 Å². The van der Waals surface area contributed by atoms with Gasteiger partial charge < -0.3 is 24.6 Å². The number of rotatable bonds is 6. The third-order valence-corrected chi connectivity index (χ3v) is 6.11. The van der Waals surface area contributed by atoms with Gasteiger partial charge in [0.2, 0.25) is 11.8 Å². The molecule has 3 heterocycles. The Morgan fingerprint density at radius 1 is 1.14 bits per heavy atom. The zero-order valence-corrected chi connectivity index (χ0v) is 20.2. The highest BCUT2D eigenvalue weighted by atomic mass is 19.1. The van der Waals surface area contributed by atoms with Crippen molar-refractivity contribution in [3.63, 3.8) is 0 Å². The zero-order valence-electron chi connectivity index (χ0n) is 20.2. The molecule has 1 unspecified atom stereocenters. The summed E-state index contributed by atoms with van der Waals surface area (Å²) >= 11 is 0. The maximum Gasteiger partial charge on any atom is 0.410 e. The van der Waals surface area contributed by atoms with Gasteiger partial charge in [0.25, 0.3) is 5.88 Å². The Morgan fingerprint density at radius 3 is 2.33 bits per heavy atom. The SMILES string of the molecule is CC(C)(C)OC(=O)N1CC(OC(=C=O)NC2CN(c3cc(F)c(C4CCC(=O)NC4=O)c(F)c3)C2)C1. The number of piperidine rings is 1. The number of benzene rings is 1. The first-order valence-electron chi connectivity index (χ1n) is 11.7. The molecule has 3 fully saturated rings. The van der Waals surface area contributed by atoms with Crippen molar-refractivity contribution >= 4 is 29.5 Å². The first kappa shape index (κ1) is 25.4. The van der Waals surface area contributed by atoms with Crippen LogP contribution in [-0.2, 0) is 23.9 Å². The molecule has 4 rings (SSSR count). The van der Waals surface area contributed by atoms with Crippen LogP contribution in [0.1, 0.15) is 45.1 Å². The molecule has 1 aromatic rings. The smallest absolute Gasteiger partial charge is 0.410 e. The molecule has 2 N–H and O–H groups in total. The number of carbonyl (C=O) groups is 3. The number of hydrogen-bond acceptors (Lipinski definition) is 8. The minimum Gasteiger partial charge on any atom is -0.464 e. The first-order chi connectivity index (χ1) is 16.9. The molecule has 12 heteroatoms. The molecule has 0 aromatic heterocycles. The second-order valence-corrected chi connectivity index (χ2v) is 10.1. The predicted molar refractivity (Wildman–Crippen MR) is 123 cm³/mol. The lowest BCUT2D eigenvalue weighted by Gasteiger charge is -2.43. The average Bonchev–Trinajstić information content (AvgIpc) is 2.70. The van der Waals surface area contributed by atoms with Crippen LogP contribution < -0.4 is 15.5 Å². The van der Waals surface area contributed by atoms with Crippen LogP contribution >= 0.6 is 0 Å². The molecule has 3 aliphatic rings. The lowest BCUT2D eigenvalue weighted by atomic mass is 9.89. The van der Waals surface area contributed by atoms with Crippen molar-refractivity contribution < 1.29 is 37.4 Å². The number of likely N-dealkylation sites (tertiary alicyclic amines) is 1. The Labute approximate surface area is 206 Å². The number of imide groups is 1. The van der Waals surface area contributed by atoms with E-state index in [9.17, 15) is 28.0 Å². The van der Waals surface area contributed by atoms with E-state index in [2.05, 4.69) is 10.6 Å². The summed E-state index contributed by atoms with van der Waals surface area (Å²) in [5.74, 6) is -2.33. The van der Waals surface area contributed by atoms with E-state index in [4.69, 9.17) is 9.47 Å². The molecule has 0 spiro atoms. The number of carbonyl (C=O) groups excluding carboxylic acids is 4. The number of amides is 3. The second-order valence-electron chi connectivity index (χ2n) is 10.1. The summed E-state index contributed by atoms with van der Waals surface area (Å²) in [7, 11) is 0. The number of anilines is 1. The fourth-order valence-electron chi connectivity index (χ4n) is 4.26. The van der Waals surface area contributed by atoms with Crippen LogP contribution in [0.25, 0.3) is 0 Å². The summed E-state index contributed by atoms with van der Waals surface area (Å²) in [5, 5.41) is 5.02. The van der Waals surface area contributed by atoms with Crippen molar-refractivity contribution in [1.29, 1.82) is 0 Å². The third kappa shape index (κ3) is 5.59. The van der Waals surface area contributed by atoms with Gasteiger partial charge in [-0.2, -0.15) is 0 Å². The fraction of sp³-hybridized carbons (Fsp3) is 0.542. The van der Waals surface area contributed by atoms with Crippen molar-refractivity contribution in [2.75, 3.05) is 31.1 Å². The molecule has 194 valence electrons. The predicted octanol–water partition coefficient (Wildman–Crippen LogP) is 1.57. The molecule has 3 amide bonds. The molecule has 0 saturated carbocycles. The quantitative estimate of drug-likeness (QED) is 0.339. The minimum absolute atomic E-state index is 0.0189. The molecule has 0 bridgehead atoms. The Hall–Kier alpha value is -3.66. The van der Waals surface area contributed by atoms with Gasteiger partial charge >= 0.3 is 6.09 Å². The molecule has 0 radical (unpaired) electrons. The average molecular weight is 507 g/mol. The molecule has 3 aliphatic heterocycles. The van der Waals surface area contributed by atoms with Crippen LogP contribution in [0.2, 0.25) is 0 Å². The molecule has 3 saturated heterocycles. The van der Waals surface area contributed by atoms with Gasteiger partial charge in [0.1, 0.15) is 23.3 Å². The van der Waals surface area contributed by atoms with Crippen LogP contribution in [0.15, 0.2) is 18.0 Å². The van der Waals surface area contributed by atoms with E-state index in [1.54, 1.807) is 31.6 Å². The van der Waals surface area contributed by atoms with E-state index in [-0.39, 0.29) is 49.5 Å². The van der Waals surface area contributed by atoms with E-state index in [0.717, 1.165) is 12.1 Å². The standard InChI is InChI=1S/C24H28F2N4O6/c1-24(2,3)36-23(34)30-10-15(11-30)35-20(12-31)27-13-8-29(9-13)14-6-17(25)21(18(26)7-14)16-4-5-19(32)28-22(16)33/h6-7,13,15-16,27H,4-5,8-11H2,1-3H3,(H,28,32,33). The zero-order chi connectivity index (χ0) is 26.2. The first-order valence-corrected chi connectivity index (χ1v) is 11.7. The van der Waals surface area contributed by atoms with E-state index in [0.29, 0.717) is 18.8 Å². The van der Waals surface area contributed by atoms with Gasteiger partial charge in [0.05, 0.1) is 25.0 Å². The normalized spacial score (nSPS) is 20.6. The molecule has 0 aliphatic carbocycles. The van der Waals surface area contributed by atoms with Crippen LogP contribution in [0.5, 0.6) is 0 Å². The molecule has 36 heavy (non-hydrogen) atoms. The largest absolute Gasteiger partial charge is 0.464 e. The second kappa shape index (κ2) is 9.77. The molecule has 10 nitrogen and oxygen atoms in total. The van der Waals surface area contributed by atoms with Crippen molar-refractivity contribution in [1.82, 2.24) is 15.5 Å². The summed E-state index contributed by atoms with van der Waals surface area (Å²) in [5.41, 5.74) is -0.658. The Kier molecular flexibility index (Phi) is 6.90. The summed E-state index contributed by atoms with van der Waals surface area (Å²) < 4.78 is 40.4. The van der Waals surface area contributed by atoms with E-state index in [1.165, 1.54) is 4.90 Å². The molecular formula is C24H28F2N4O6. The van der Waals surface area contributed by atoms with Crippen molar-refractivity contribution in [2.24, 2.45) is 0 Å². The Balaban J connectivity index is 1.26. The highest BCUT2D eigenvalue weighted by Gasteiger charge is 2.37. The van der Waals surface area contributed by atoms with E-state index in [1.807, 2.05) is 0 Å². The van der Waals surface area contributed by atoms with Gasteiger partial charge in [0.15, 0.2) is 5.94 Å².